The van der Waals surface area contributed by atoms with Crippen LogP contribution in [0.25, 0.3) is 0 Å². The van der Waals surface area contributed by atoms with E-state index in [4.69, 9.17) is 10.5 Å². The second kappa shape index (κ2) is 12.3. The van der Waals surface area contributed by atoms with E-state index in [1.165, 1.54) is 19.4 Å². The standard InChI is InChI=1S/C18H37N5O.HI/c1-4-22-7-5-6-16(22)13-20-18(19)21-14-17(12-15(2)3)23-8-10-24-11-9-23;/h15-17H,4-14H2,1-3H3,(H3,19,20,21);1H. The number of rotatable bonds is 8. The molecule has 0 amide bonds. The molecular formula is C18H38IN5O. The van der Waals surface area contributed by atoms with Crippen LogP contribution in [0.3, 0.4) is 0 Å². The molecule has 2 unspecified atom stereocenters. The van der Waals surface area contributed by atoms with Gasteiger partial charge in [-0.1, -0.05) is 20.8 Å². The number of halogens is 1. The highest BCUT2D eigenvalue weighted by atomic mass is 127. The summed E-state index contributed by atoms with van der Waals surface area (Å²) in [6, 6.07) is 1.07. The molecule has 25 heavy (non-hydrogen) atoms. The Bertz CT molecular complexity index is 388. The molecule has 0 aromatic rings. The number of morpholine rings is 1. The smallest absolute Gasteiger partial charge is 0.188 e. The Balaban J connectivity index is 0.00000312. The topological polar surface area (TPSA) is 66.1 Å². The summed E-state index contributed by atoms with van der Waals surface area (Å²) < 4.78 is 5.48. The summed E-state index contributed by atoms with van der Waals surface area (Å²) in [5.74, 6) is 1.26. The van der Waals surface area contributed by atoms with Gasteiger partial charge in [-0.15, -0.1) is 24.0 Å². The lowest BCUT2D eigenvalue weighted by Crippen LogP contribution is -2.46. The first-order valence-corrected chi connectivity index (χ1v) is 9.69. The predicted molar refractivity (Wildman–Crippen MR) is 116 cm³/mol. The van der Waals surface area contributed by atoms with E-state index in [-0.39, 0.29) is 24.0 Å². The molecule has 148 valence electrons. The first-order chi connectivity index (χ1) is 11.6. The fourth-order valence-electron chi connectivity index (χ4n) is 3.85. The first-order valence-electron chi connectivity index (χ1n) is 9.69. The number of guanidine groups is 1. The highest BCUT2D eigenvalue weighted by Gasteiger charge is 2.23. The van der Waals surface area contributed by atoms with Gasteiger partial charge in [0.05, 0.1) is 19.8 Å². The minimum Gasteiger partial charge on any atom is -0.379 e. The molecule has 0 saturated carbocycles. The van der Waals surface area contributed by atoms with Crippen molar-refractivity contribution in [3.05, 3.63) is 0 Å². The summed E-state index contributed by atoms with van der Waals surface area (Å²) >= 11 is 0. The van der Waals surface area contributed by atoms with Gasteiger partial charge >= 0.3 is 0 Å². The molecule has 7 heteroatoms. The number of hydrogen-bond acceptors (Lipinski definition) is 4. The van der Waals surface area contributed by atoms with Crippen LogP contribution in [0.2, 0.25) is 0 Å². The third-order valence-electron chi connectivity index (χ3n) is 5.20. The Hall–Kier alpha value is -0.120. The van der Waals surface area contributed by atoms with Crippen LogP contribution in [0, 0.1) is 5.92 Å². The van der Waals surface area contributed by atoms with E-state index >= 15 is 0 Å². The molecule has 0 bridgehead atoms. The molecule has 0 aliphatic carbocycles. The maximum Gasteiger partial charge on any atom is 0.188 e. The van der Waals surface area contributed by atoms with Gasteiger partial charge in [-0.05, 0) is 38.3 Å². The molecule has 2 saturated heterocycles. The molecule has 0 aromatic heterocycles. The van der Waals surface area contributed by atoms with Gasteiger partial charge in [0.2, 0.25) is 0 Å². The minimum absolute atomic E-state index is 0. The van der Waals surface area contributed by atoms with E-state index in [2.05, 4.69) is 40.9 Å². The van der Waals surface area contributed by atoms with Gasteiger partial charge in [0, 0.05) is 31.7 Å². The maximum absolute atomic E-state index is 6.12. The van der Waals surface area contributed by atoms with Crippen molar-refractivity contribution in [1.29, 1.82) is 0 Å². The summed E-state index contributed by atoms with van der Waals surface area (Å²) in [5.41, 5.74) is 6.12. The fourth-order valence-corrected chi connectivity index (χ4v) is 3.85. The number of nitrogens with zero attached hydrogens (tertiary/aromatic N) is 3. The van der Waals surface area contributed by atoms with Gasteiger partial charge in [0.1, 0.15) is 0 Å². The van der Waals surface area contributed by atoms with E-state index in [9.17, 15) is 0 Å². The van der Waals surface area contributed by atoms with Crippen LogP contribution >= 0.6 is 24.0 Å². The molecular weight excluding hydrogens is 429 g/mol. The van der Waals surface area contributed by atoms with Crippen LogP contribution in [-0.2, 0) is 4.74 Å². The number of nitrogens with two attached hydrogens (primary N) is 1. The van der Waals surface area contributed by atoms with Crippen LogP contribution in [0.1, 0.15) is 40.0 Å². The number of nitrogens with one attached hydrogen (secondary N) is 1. The van der Waals surface area contributed by atoms with Crippen molar-refractivity contribution in [3.63, 3.8) is 0 Å². The van der Waals surface area contributed by atoms with Gasteiger partial charge in [0.15, 0.2) is 5.96 Å². The van der Waals surface area contributed by atoms with Crippen LogP contribution < -0.4 is 11.1 Å². The normalized spacial score (nSPS) is 24.3. The third kappa shape index (κ3) is 7.97. The van der Waals surface area contributed by atoms with Crippen molar-refractivity contribution in [2.75, 3.05) is 52.5 Å². The van der Waals surface area contributed by atoms with Crippen LogP contribution in [0.5, 0.6) is 0 Å². The quantitative estimate of drug-likeness (QED) is 0.324. The number of aliphatic imine (C=N–C) groups is 1. The second-order valence-electron chi connectivity index (χ2n) is 7.46. The monoisotopic (exact) mass is 467 g/mol. The zero-order valence-electron chi connectivity index (χ0n) is 16.2. The zero-order chi connectivity index (χ0) is 17.4. The number of ether oxygens (including phenoxy) is 1. The summed E-state index contributed by atoms with van der Waals surface area (Å²) in [7, 11) is 0. The highest BCUT2D eigenvalue weighted by Crippen LogP contribution is 2.16. The van der Waals surface area contributed by atoms with Gasteiger partial charge < -0.3 is 15.8 Å². The molecule has 2 heterocycles. The van der Waals surface area contributed by atoms with E-state index in [0.29, 0.717) is 24.0 Å². The second-order valence-corrected chi connectivity index (χ2v) is 7.46. The van der Waals surface area contributed by atoms with Crippen LogP contribution in [0.4, 0.5) is 0 Å². The molecule has 0 aromatic carbocycles. The zero-order valence-corrected chi connectivity index (χ0v) is 18.6. The van der Waals surface area contributed by atoms with Crippen LogP contribution in [-0.4, -0.2) is 80.3 Å². The summed E-state index contributed by atoms with van der Waals surface area (Å²) in [6.45, 7) is 14.5. The van der Waals surface area contributed by atoms with E-state index in [0.717, 1.165) is 52.4 Å². The highest BCUT2D eigenvalue weighted by molar-refractivity contribution is 14.0. The molecule has 2 atom stereocenters. The molecule has 3 N–H and O–H groups in total. The van der Waals surface area contributed by atoms with Gasteiger partial charge in [-0.2, -0.15) is 0 Å². The van der Waals surface area contributed by atoms with Crippen molar-refractivity contribution in [2.24, 2.45) is 16.6 Å². The average Bonchev–Trinajstić information content (AvgIpc) is 3.04. The molecule has 2 aliphatic rings. The lowest BCUT2D eigenvalue weighted by molar-refractivity contribution is 0.0143. The molecule has 2 fully saturated rings. The van der Waals surface area contributed by atoms with Crippen molar-refractivity contribution >= 4 is 29.9 Å². The summed E-state index contributed by atoms with van der Waals surface area (Å²) in [6.07, 6.45) is 3.71. The largest absolute Gasteiger partial charge is 0.379 e. The molecule has 0 radical (unpaired) electrons. The molecule has 2 rings (SSSR count). The fraction of sp³-hybridized carbons (Fsp3) is 0.944. The maximum atomic E-state index is 6.12. The summed E-state index contributed by atoms with van der Waals surface area (Å²) in [4.78, 5) is 9.68. The Labute approximate surface area is 170 Å². The SMILES string of the molecule is CCN1CCCC1CNC(N)=NCC(CC(C)C)N1CCOCC1.I. The Kier molecular flexibility index (Phi) is 11.3. The number of likely N-dealkylation sites (tertiary alicyclic amines) is 1. The van der Waals surface area contributed by atoms with Crippen molar-refractivity contribution in [2.45, 2.75) is 52.1 Å². The average molecular weight is 467 g/mol. The minimum atomic E-state index is 0. The Morgan fingerprint density at radius 2 is 2.00 bits per heavy atom. The number of likely N-dealkylation sites (N-methyl/N-ethyl adjacent to an activating group) is 1. The van der Waals surface area contributed by atoms with E-state index < -0.39 is 0 Å². The first kappa shape index (κ1) is 22.9. The third-order valence-corrected chi connectivity index (χ3v) is 5.20. The van der Waals surface area contributed by atoms with Crippen molar-refractivity contribution in [1.82, 2.24) is 15.1 Å². The Morgan fingerprint density at radius 1 is 1.28 bits per heavy atom. The van der Waals surface area contributed by atoms with E-state index in [1.807, 2.05) is 0 Å². The summed E-state index contributed by atoms with van der Waals surface area (Å²) in [5, 5.41) is 3.34. The molecule has 0 spiro atoms. The molecule has 2 aliphatic heterocycles. The lowest BCUT2D eigenvalue weighted by atomic mass is 10.0. The molecule has 6 nitrogen and oxygen atoms in total. The van der Waals surface area contributed by atoms with Crippen LogP contribution in [0.15, 0.2) is 4.99 Å². The van der Waals surface area contributed by atoms with Gasteiger partial charge in [-0.25, -0.2) is 0 Å². The van der Waals surface area contributed by atoms with Gasteiger partial charge in [-0.3, -0.25) is 14.8 Å². The lowest BCUT2D eigenvalue weighted by Gasteiger charge is -2.34. The van der Waals surface area contributed by atoms with E-state index in [1.54, 1.807) is 0 Å². The predicted octanol–water partition coefficient (Wildman–Crippen LogP) is 1.74. The Morgan fingerprint density at radius 3 is 2.64 bits per heavy atom. The number of hydrogen-bond donors (Lipinski definition) is 2. The van der Waals surface area contributed by atoms with Crippen molar-refractivity contribution < 1.29 is 4.74 Å². The van der Waals surface area contributed by atoms with Gasteiger partial charge in [0.25, 0.3) is 0 Å². The van der Waals surface area contributed by atoms with Crippen molar-refractivity contribution in [3.8, 4) is 0 Å².